The number of hydrogen-bond acceptors (Lipinski definition) is 8. The van der Waals surface area contributed by atoms with E-state index in [1.807, 2.05) is 6.07 Å². The first-order chi connectivity index (χ1) is 12.0. The van der Waals surface area contributed by atoms with E-state index < -0.39 is 0 Å². The highest BCUT2D eigenvalue weighted by atomic mass is 16.5. The standard InChI is InChI=1S/C17H26N6O2/c1-11(2)14-10-12(25-22-14)9-13-15(18)20-17(19)21-16(13)24-8-7-23-5-3-4-6-23/h10-11H,3-9H2,1-2H3,(H4,18,19,20,21). The molecule has 0 spiro atoms. The van der Waals surface area contributed by atoms with Crippen molar-refractivity contribution in [2.24, 2.45) is 0 Å². The first-order valence-corrected chi connectivity index (χ1v) is 8.75. The van der Waals surface area contributed by atoms with Crippen LogP contribution < -0.4 is 16.2 Å². The summed E-state index contributed by atoms with van der Waals surface area (Å²) in [6.45, 7) is 7.78. The molecule has 3 rings (SSSR count). The van der Waals surface area contributed by atoms with Gasteiger partial charge in [0.2, 0.25) is 11.8 Å². The van der Waals surface area contributed by atoms with E-state index in [0.29, 0.717) is 42.0 Å². The third kappa shape index (κ3) is 4.39. The average molecular weight is 346 g/mol. The molecule has 2 aromatic rings. The van der Waals surface area contributed by atoms with Gasteiger partial charge in [0.25, 0.3) is 0 Å². The van der Waals surface area contributed by atoms with E-state index in [0.717, 1.165) is 25.3 Å². The summed E-state index contributed by atoms with van der Waals surface area (Å²) in [5.74, 6) is 1.84. The van der Waals surface area contributed by atoms with Gasteiger partial charge in [-0.2, -0.15) is 9.97 Å². The van der Waals surface area contributed by atoms with Gasteiger partial charge in [-0.15, -0.1) is 0 Å². The van der Waals surface area contributed by atoms with Gasteiger partial charge in [0.1, 0.15) is 18.2 Å². The predicted octanol–water partition coefficient (Wildman–Crippen LogP) is 1.82. The van der Waals surface area contributed by atoms with Gasteiger partial charge in [-0.25, -0.2) is 0 Å². The fraction of sp³-hybridized carbons (Fsp3) is 0.588. The highest BCUT2D eigenvalue weighted by molar-refractivity contribution is 5.50. The van der Waals surface area contributed by atoms with Gasteiger partial charge in [0.15, 0.2) is 0 Å². The molecular formula is C17H26N6O2. The van der Waals surface area contributed by atoms with Gasteiger partial charge >= 0.3 is 0 Å². The van der Waals surface area contributed by atoms with Gasteiger partial charge in [-0.05, 0) is 31.8 Å². The number of likely N-dealkylation sites (tertiary alicyclic amines) is 1. The van der Waals surface area contributed by atoms with Crippen LogP contribution in [0.15, 0.2) is 10.6 Å². The van der Waals surface area contributed by atoms with E-state index in [1.165, 1.54) is 12.8 Å². The molecule has 0 atom stereocenters. The summed E-state index contributed by atoms with van der Waals surface area (Å²) in [5, 5.41) is 4.07. The Morgan fingerprint density at radius 3 is 2.68 bits per heavy atom. The summed E-state index contributed by atoms with van der Waals surface area (Å²) in [6.07, 6.45) is 2.93. The Morgan fingerprint density at radius 2 is 2.00 bits per heavy atom. The van der Waals surface area contributed by atoms with Crippen LogP contribution in [0.1, 0.15) is 49.6 Å². The molecule has 25 heavy (non-hydrogen) atoms. The number of hydrogen-bond donors (Lipinski definition) is 2. The SMILES string of the molecule is CC(C)c1cc(Cc2c(N)nc(N)nc2OCCN2CCCC2)on1. The van der Waals surface area contributed by atoms with Gasteiger partial charge in [-0.3, -0.25) is 4.90 Å². The average Bonchev–Trinajstić information content (AvgIpc) is 3.22. The van der Waals surface area contributed by atoms with Crippen LogP contribution in [0.3, 0.4) is 0 Å². The first kappa shape index (κ1) is 17.5. The van der Waals surface area contributed by atoms with Crippen LogP contribution in [0.2, 0.25) is 0 Å². The lowest BCUT2D eigenvalue weighted by Gasteiger charge is -2.16. The molecule has 0 unspecified atom stereocenters. The topological polar surface area (TPSA) is 116 Å². The Hall–Kier alpha value is -2.35. The first-order valence-electron chi connectivity index (χ1n) is 8.75. The fourth-order valence-electron chi connectivity index (χ4n) is 2.92. The van der Waals surface area contributed by atoms with Crippen molar-refractivity contribution in [2.45, 2.75) is 39.0 Å². The molecular weight excluding hydrogens is 320 g/mol. The van der Waals surface area contributed by atoms with E-state index in [9.17, 15) is 0 Å². The van der Waals surface area contributed by atoms with Crippen molar-refractivity contribution in [3.8, 4) is 5.88 Å². The Balaban J connectivity index is 1.72. The highest BCUT2D eigenvalue weighted by Crippen LogP contribution is 2.26. The Kier molecular flexibility index (Phi) is 5.37. The molecule has 0 aliphatic carbocycles. The fourth-order valence-corrected chi connectivity index (χ4v) is 2.92. The number of rotatable bonds is 7. The van der Waals surface area contributed by atoms with Crippen molar-refractivity contribution in [3.63, 3.8) is 0 Å². The van der Waals surface area contributed by atoms with Crippen molar-refractivity contribution in [2.75, 3.05) is 37.7 Å². The minimum absolute atomic E-state index is 0.109. The number of ether oxygens (including phenoxy) is 1. The lowest BCUT2D eigenvalue weighted by molar-refractivity contribution is 0.230. The minimum Gasteiger partial charge on any atom is -0.476 e. The monoisotopic (exact) mass is 346 g/mol. The zero-order valence-corrected chi connectivity index (χ0v) is 14.9. The highest BCUT2D eigenvalue weighted by Gasteiger charge is 2.18. The van der Waals surface area contributed by atoms with Crippen molar-refractivity contribution in [1.82, 2.24) is 20.0 Å². The molecule has 0 bridgehead atoms. The summed E-state index contributed by atoms with van der Waals surface area (Å²) >= 11 is 0. The molecule has 8 heteroatoms. The minimum atomic E-state index is 0.109. The van der Waals surface area contributed by atoms with Crippen molar-refractivity contribution in [1.29, 1.82) is 0 Å². The van der Waals surface area contributed by atoms with Crippen LogP contribution in [0, 0.1) is 0 Å². The van der Waals surface area contributed by atoms with Crippen molar-refractivity contribution < 1.29 is 9.26 Å². The van der Waals surface area contributed by atoms with Crippen molar-refractivity contribution >= 4 is 11.8 Å². The molecule has 1 aliphatic rings. The van der Waals surface area contributed by atoms with Crippen LogP contribution >= 0.6 is 0 Å². The molecule has 1 fully saturated rings. The predicted molar refractivity (Wildman–Crippen MR) is 95.4 cm³/mol. The second kappa shape index (κ2) is 7.69. The second-order valence-corrected chi connectivity index (χ2v) is 6.70. The lowest BCUT2D eigenvalue weighted by Crippen LogP contribution is -2.25. The molecule has 1 aliphatic heterocycles. The van der Waals surface area contributed by atoms with Crippen LogP contribution in [0.4, 0.5) is 11.8 Å². The van der Waals surface area contributed by atoms with Gasteiger partial charge in [0, 0.05) is 19.0 Å². The second-order valence-electron chi connectivity index (χ2n) is 6.70. The normalized spacial score (nSPS) is 15.2. The Bertz CT molecular complexity index is 709. The third-order valence-electron chi connectivity index (χ3n) is 4.38. The van der Waals surface area contributed by atoms with Crippen LogP contribution in [0.5, 0.6) is 5.88 Å². The zero-order chi connectivity index (χ0) is 17.8. The Morgan fingerprint density at radius 1 is 1.24 bits per heavy atom. The lowest BCUT2D eigenvalue weighted by atomic mass is 10.1. The van der Waals surface area contributed by atoms with E-state index >= 15 is 0 Å². The summed E-state index contributed by atoms with van der Waals surface area (Å²) < 4.78 is 11.3. The Labute approximate surface area is 147 Å². The molecule has 3 heterocycles. The third-order valence-corrected chi connectivity index (χ3v) is 4.38. The molecule has 0 amide bonds. The summed E-state index contributed by atoms with van der Waals surface area (Å²) in [5.41, 5.74) is 13.4. The van der Waals surface area contributed by atoms with E-state index in [4.69, 9.17) is 20.7 Å². The summed E-state index contributed by atoms with van der Waals surface area (Å²) in [6, 6.07) is 1.93. The number of nitrogen functional groups attached to an aromatic ring is 2. The van der Waals surface area contributed by atoms with E-state index in [2.05, 4.69) is 33.9 Å². The van der Waals surface area contributed by atoms with Crippen LogP contribution in [-0.4, -0.2) is 46.3 Å². The molecule has 1 saturated heterocycles. The molecule has 2 aromatic heterocycles. The van der Waals surface area contributed by atoms with E-state index in [-0.39, 0.29) is 5.95 Å². The zero-order valence-electron chi connectivity index (χ0n) is 14.9. The number of aromatic nitrogens is 3. The molecule has 0 aromatic carbocycles. The number of nitrogens with zero attached hydrogens (tertiary/aromatic N) is 4. The molecule has 0 saturated carbocycles. The smallest absolute Gasteiger partial charge is 0.225 e. The quantitative estimate of drug-likeness (QED) is 0.780. The molecule has 8 nitrogen and oxygen atoms in total. The van der Waals surface area contributed by atoms with Gasteiger partial charge < -0.3 is 20.7 Å². The number of anilines is 2. The summed E-state index contributed by atoms with van der Waals surface area (Å²) in [7, 11) is 0. The van der Waals surface area contributed by atoms with Gasteiger partial charge in [-0.1, -0.05) is 19.0 Å². The number of nitrogens with two attached hydrogens (primary N) is 2. The molecule has 136 valence electrons. The van der Waals surface area contributed by atoms with Crippen LogP contribution in [0.25, 0.3) is 0 Å². The summed E-state index contributed by atoms with van der Waals surface area (Å²) in [4.78, 5) is 10.6. The largest absolute Gasteiger partial charge is 0.476 e. The van der Waals surface area contributed by atoms with Crippen LogP contribution in [-0.2, 0) is 6.42 Å². The maximum atomic E-state index is 6.05. The maximum Gasteiger partial charge on any atom is 0.225 e. The van der Waals surface area contributed by atoms with Crippen molar-refractivity contribution in [3.05, 3.63) is 23.1 Å². The van der Waals surface area contributed by atoms with E-state index in [1.54, 1.807) is 0 Å². The molecule has 4 N–H and O–H groups in total. The molecule has 0 radical (unpaired) electrons. The maximum absolute atomic E-state index is 6.05. The van der Waals surface area contributed by atoms with Gasteiger partial charge in [0.05, 0.1) is 11.3 Å².